The number of hydrogen-bond acceptors (Lipinski definition) is 1. The first-order valence-electron chi connectivity index (χ1n) is 3.37. The molecule has 0 saturated heterocycles. The average Bonchev–Trinajstić information content (AvgIpc) is 1.62. The van der Waals surface area contributed by atoms with Crippen molar-refractivity contribution >= 4 is 5.78 Å². The molecular weight excluding hydrogens is 114 g/mol. The Labute approximate surface area is 55.4 Å². The number of carbonyl (C=O) groups excluding carboxylic acids is 1. The normalized spacial score (nSPS) is 22.9. The molecule has 1 saturated carbocycles. The van der Waals surface area contributed by atoms with E-state index in [0.29, 0.717) is 6.54 Å². The van der Waals surface area contributed by atoms with Crippen LogP contribution in [0.3, 0.4) is 0 Å². The summed E-state index contributed by atoms with van der Waals surface area (Å²) < 4.78 is 0. The minimum atomic E-state index is -0.208. The highest BCUT2D eigenvalue weighted by atomic mass is 16.1. The van der Waals surface area contributed by atoms with Crippen LogP contribution in [0.25, 0.3) is 0 Å². The van der Waals surface area contributed by atoms with Crippen LogP contribution in [0.4, 0.5) is 0 Å². The van der Waals surface area contributed by atoms with Crippen molar-refractivity contribution in [3.63, 3.8) is 0 Å². The molecule has 1 aliphatic rings. The molecule has 0 aliphatic heterocycles. The minimum absolute atomic E-state index is 0.208. The van der Waals surface area contributed by atoms with Crippen molar-refractivity contribution in [2.45, 2.75) is 26.2 Å². The average molecular weight is 126 g/mol. The van der Waals surface area contributed by atoms with E-state index >= 15 is 0 Å². The van der Waals surface area contributed by atoms with Gasteiger partial charge in [0.15, 0.2) is 0 Å². The summed E-state index contributed by atoms with van der Waals surface area (Å²) in [6, 6.07) is 0. The van der Waals surface area contributed by atoms with Crippen molar-refractivity contribution in [2.24, 2.45) is 5.41 Å². The van der Waals surface area contributed by atoms with E-state index in [4.69, 9.17) is 5.73 Å². The molecule has 1 radical (unpaired) electrons. The zero-order valence-corrected chi connectivity index (χ0v) is 5.74. The second-order valence-corrected chi connectivity index (χ2v) is 2.87. The van der Waals surface area contributed by atoms with E-state index in [9.17, 15) is 4.79 Å². The van der Waals surface area contributed by atoms with E-state index in [1.54, 1.807) is 6.92 Å². The predicted molar refractivity (Wildman–Crippen MR) is 34.9 cm³/mol. The lowest BCUT2D eigenvalue weighted by atomic mass is 9.66. The van der Waals surface area contributed by atoms with E-state index in [-0.39, 0.29) is 11.2 Å². The summed E-state index contributed by atoms with van der Waals surface area (Å²) in [5, 5.41) is 0. The Morgan fingerprint density at radius 3 is 2.22 bits per heavy atom. The molecule has 0 bridgehead atoms. The van der Waals surface area contributed by atoms with E-state index < -0.39 is 0 Å². The van der Waals surface area contributed by atoms with Gasteiger partial charge in [0.25, 0.3) is 0 Å². The van der Waals surface area contributed by atoms with E-state index in [1.165, 1.54) is 0 Å². The van der Waals surface area contributed by atoms with Crippen LogP contribution in [-0.2, 0) is 4.79 Å². The standard InChI is InChI=1S/C7H12NO/c1-6(9)7(5-8)3-2-4-7/h8H,2-5H2,1H3. The SMILES string of the molecule is CC(=O)C1(C[NH])CCC1. The number of nitrogens with one attached hydrogen (secondary N) is 1. The van der Waals surface area contributed by atoms with Gasteiger partial charge >= 0.3 is 0 Å². The van der Waals surface area contributed by atoms with E-state index in [2.05, 4.69) is 0 Å². The quantitative estimate of drug-likeness (QED) is 0.544. The van der Waals surface area contributed by atoms with Crippen LogP contribution in [-0.4, -0.2) is 12.3 Å². The van der Waals surface area contributed by atoms with Crippen LogP contribution in [0.5, 0.6) is 0 Å². The van der Waals surface area contributed by atoms with Crippen LogP contribution in [0.1, 0.15) is 26.2 Å². The monoisotopic (exact) mass is 126 g/mol. The molecule has 1 aliphatic carbocycles. The molecular formula is C7H12NO. The highest BCUT2D eigenvalue weighted by molar-refractivity contribution is 5.83. The lowest BCUT2D eigenvalue weighted by molar-refractivity contribution is -0.130. The molecule has 0 aromatic carbocycles. The Hall–Kier alpha value is -0.370. The van der Waals surface area contributed by atoms with Gasteiger partial charge in [0.1, 0.15) is 5.78 Å². The van der Waals surface area contributed by atoms with Crippen molar-refractivity contribution in [1.29, 1.82) is 0 Å². The molecule has 2 nitrogen and oxygen atoms in total. The highest BCUT2D eigenvalue weighted by Crippen LogP contribution is 2.40. The third-order valence-corrected chi connectivity index (χ3v) is 2.40. The highest BCUT2D eigenvalue weighted by Gasteiger charge is 2.40. The number of carbonyl (C=O) groups is 1. The van der Waals surface area contributed by atoms with Gasteiger partial charge in [-0.3, -0.25) is 10.5 Å². The molecule has 0 unspecified atom stereocenters. The minimum Gasteiger partial charge on any atom is -0.299 e. The Kier molecular flexibility index (Phi) is 1.58. The summed E-state index contributed by atoms with van der Waals surface area (Å²) in [7, 11) is 0. The van der Waals surface area contributed by atoms with Crippen molar-refractivity contribution < 1.29 is 4.79 Å². The molecule has 0 heterocycles. The van der Waals surface area contributed by atoms with Crippen molar-refractivity contribution in [1.82, 2.24) is 5.73 Å². The number of Topliss-reactive ketones (excluding diaryl/α,β-unsaturated/α-hetero) is 1. The van der Waals surface area contributed by atoms with Crippen LogP contribution in [0, 0.1) is 5.41 Å². The second-order valence-electron chi connectivity index (χ2n) is 2.87. The predicted octanol–water partition coefficient (Wildman–Crippen LogP) is 1.03. The summed E-state index contributed by atoms with van der Waals surface area (Å²) in [5.41, 5.74) is 6.91. The van der Waals surface area contributed by atoms with E-state index in [1.807, 2.05) is 0 Å². The summed E-state index contributed by atoms with van der Waals surface area (Å²) in [6.07, 6.45) is 3.04. The maximum Gasteiger partial charge on any atom is 0.137 e. The lowest BCUT2D eigenvalue weighted by Gasteiger charge is -2.37. The van der Waals surface area contributed by atoms with Gasteiger partial charge in [0.2, 0.25) is 0 Å². The molecule has 0 atom stereocenters. The summed E-state index contributed by atoms with van der Waals surface area (Å²) >= 11 is 0. The van der Waals surface area contributed by atoms with Gasteiger partial charge in [0.05, 0.1) is 0 Å². The Balaban J connectivity index is 2.57. The van der Waals surface area contributed by atoms with Crippen molar-refractivity contribution in [3.8, 4) is 0 Å². The molecule has 0 spiro atoms. The molecule has 1 fully saturated rings. The maximum atomic E-state index is 10.9. The summed E-state index contributed by atoms with van der Waals surface area (Å²) in [4.78, 5) is 10.9. The Morgan fingerprint density at radius 1 is 1.67 bits per heavy atom. The summed E-state index contributed by atoms with van der Waals surface area (Å²) in [5.74, 6) is 0.212. The van der Waals surface area contributed by atoms with Gasteiger partial charge in [-0.25, -0.2) is 0 Å². The third-order valence-electron chi connectivity index (χ3n) is 2.40. The van der Waals surface area contributed by atoms with Crippen molar-refractivity contribution in [2.75, 3.05) is 6.54 Å². The number of ketones is 1. The molecule has 9 heavy (non-hydrogen) atoms. The fraction of sp³-hybridized carbons (Fsp3) is 0.857. The van der Waals surface area contributed by atoms with Gasteiger partial charge in [0, 0.05) is 12.0 Å². The molecule has 0 aromatic heterocycles. The second kappa shape index (κ2) is 2.10. The topological polar surface area (TPSA) is 40.9 Å². The van der Waals surface area contributed by atoms with Crippen LogP contribution < -0.4 is 5.73 Å². The van der Waals surface area contributed by atoms with Crippen LogP contribution >= 0.6 is 0 Å². The first-order valence-corrected chi connectivity index (χ1v) is 3.37. The first-order chi connectivity index (χ1) is 4.21. The van der Waals surface area contributed by atoms with Gasteiger partial charge in [-0.05, 0) is 19.8 Å². The molecule has 0 amide bonds. The number of hydrogen-bond donors (Lipinski definition) is 0. The van der Waals surface area contributed by atoms with Crippen molar-refractivity contribution in [3.05, 3.63) is 0 Å². The number of rotatable bonds is 2. The smallest absolute Gasteiger partial charge is 0.137 e. The molecule has 2 heteroatoms. The van der Waals surface area contributed by atoms with Crippen LogP contribution in [0.2, 0.25) is 0 Å². The molecule has 1 rings (SSSR count). The van der Waals surface area contributed by atoms with Crippen LogP contribution in [0.15, 0.2) is 0 Å². The fourth-order valence-corrected chi connectivity index (χ4v) is 1.26. The molecule has 1 N–H and O–H groups in total. The van der Waals surface area contributed by atoms with Gasteiger partial charge in [-0.15, -0.1) is 0 Å². The van der Waals surface area contributed by atoms with Gasteiger partial charge in [-0.2, -0.15) is 0 Å². The lowest BCUT2D eigenvalue weighted by Crippen LogP contribution is -2.40. The summed E-state index contributed by atoms with van der Waals surface area (Å²) in [6.45, 7) is 1.90. The maximum absolute atomic E-state index is 10.9. The Morgan fingerprint density at radius 2 is 2.22 bits per heavy atom. The van der Waals surface area contributed by atoms with E-state index in [0.717, 1.165) is 19.3 Å². The zero-order chi connectivity index (χ0) is 6.91. The fourth-order valence-electron chi connectivity index (χ4n) is 1.26. The van der Waals surface area contributed by atoms with Gasteiger partial charge in [-0.1, -0.05) is 6.42 Å². The first kappa shape index (κ1) is 6.75. The largest absolute Gasteiger partial charge is 0.299 e. The Bertz CT molecular complexity index is 121. The third kappa shape index (κ3) is 0.874. The zero-order valence-electron chi connectivity index (χ0n) is 5.74. The van der Waals surface area contributed by atoms with Gasteiger partial charge < -0.3 is 0 Å². The molecule has 0 aromatic rings. The molecule has 51 valence electrons.